The van der Waals surface area contributed by atoms with Gasteiger partial charge in [-0.15, -0.1) is 0 Å². The summed E-state index contributed by atoms with van der Waals surface area (Å²) in [6, 6.07) is -0.252. The summed E-state index contributed by atoms with van der Waals surface area (Å²) in [5, 5.41) is 5.54. The van der Waals surface area contributed by atoms with Gasteiger partial charge in [-0.1, -0.05) is 0 Å². The number of aromatic nitrogens is 2. The molecule has 3 amide bonds. The topological polar surface area (TPSA) is 116 Å². The van der Waals surface area contributed by atoms with Crippen molar-refractivity contribution in [2.45, 2.75) is 64.5 Å². The highest BCUT2D eigenvalue weighted by molar-refractivity contribution is 5.80. The van der Waals surface area contributed by atoms with E-state index >= 15 is 0 Å². The van der Waals surface area contributed by atoms with Crippen molar-refractivity contribution in [3.63, 3.8) is 0 Å². The maximum absolute atomic E-state index is 12.6. The van der Waals surface area contributed by atoms with Gasteiger partial charge in [-0.25, -0.2) is 9.78 Å². The first kappa shape index (κ1) is 22.7. The number of alkyl carbamates (subject to hydrolysis) is 1. The smallest absolute Gasteiger partial charge is 0.407 e. The van der Waals surface area contributed by atoms with Crippen LogP contribution in [-0.2, 0) is 20.7 Å². The average molecular weight is 408 g/mol. The molecule has 1 aromatic rings. The second-order valence-electron chi connectivity index (χ2n) is 8.43. The van der Waals surface area contributed by atoms with Crippen molar-refractivity contribution >= 4 is 17.9 Å². The number of amides is 3. The minimum Gasteiger partial charge on any atom is -0.444 e. The molecule has 29 heavy (non-hydrogen) atoms. The summed E-state index contributed by atoms with van der Waals surface area (Å²) in [4.78, 5) is 45.4. The van der Waals surface area contributed by atoms with E-state index < -0.39 is 11.7 Å². The number of nitrogens with zero attached hydrogens (tertiary/aromatic N) is 2. The Morgan fingerprint density at radius 1 is 1.31 bits per heavy atom. The zero-order valence-electron chi connectivity index (χ0n) is 17.8. The predicted molar refractivity (Wildman–Crippen MR) is 108 cm³/mol. The molecular formula is C20H33N5O4. The third kappa shape index (κ3) is 7.75. The Balaban J connectivity index is 1.87. The third-order valence-electron chi connectivity index (χ3n) is 4.91. The fourth-order valence-corrected chi connectivity index (χ4v) is 3.41. The molecule has 2 rings (SSSR count). The van der Waals surface area contributed by atoms with Crippen LogP contribution in [0.1, 0.15) is 52.1 Å². The first-order chi connectivity index (χ1) is 13.7. The van der Waals surface area contributed by atoms with Crippen LogP contribution in [0.3, 0.4) is 0 Å². The number of carbonyl (C=O) groups is 3. The van der Waals surface area contributed by atoms with Gasteiger partial charge in [0.1, 0.15) is 5.60 Å². The van der Waals surface area contributed by atoms with Crippen LogP contribution in [0.15, 0.2) is 12.5 Å². The number of nitrogens with one attached hydrogen (secondary N) is 3. The average Bonchev–Trinajstić information content (AvgIpc) is 3.16. The van der Waals surface area contributed by atoms with Crippen LogP contribution in [-0.4, -0.2) is 64.6 Å². The molecule has 9 nitrogen and oxygen atoms in total. The van der Waals surface area contributed by atoms with Crippen LogP contribution in [0.4, 0.5) is 4.79 Å². The highest BCUT2D eigenvalue weighted by Crippen LogP contribution is 2.19. The van der Waals surface area contributed by atoms with Crippen molar-refractivity contribution in [1.82, 2.24) is 25.5 Å². The second kappa shape index (κ2) is 10.3. The first-order valence-corrected chi connectivity index (χ1v) is 10.1. The number of likely N-dealkylation sites (tertiary alicyclic amines) is 1. The Hall–Kier alpha value is -2.58. The van der Waals surface area contributed by atoms with Gasteiger partial charge >= 0.3 is 6.09 Å². The minimum absolute atomic E-state index is 0.0222. The van der Waals surface area contributed by atoms with Gasteiger partial charge in [0.15, 0.2) is 0 Å². The number of imidazole rings is 1. The molecule has 0 aliphatic carbocycles. The lowest BCUT2D eigenvalue weighted by Crippen LogP contribution is -2.44. The highest BCUT2D eigenvalue weighted by atomic mass is 16.6. The zero-order valence-corrected chi connectivity index (χ0v) is 17.8. The number of carbonyl (C=O) groups excluding carboxylic acids is 3. The molecule has 162 valence electrons. The van der Waals surface area contributed by atoms with E-state index in [0.29, 0.717) is 45.2 Å². The molecule has 0 aromatic carbocycles. The summed E-state index contributed by atoms with van der Waals surface area (Å²) in [6.07, 6.45) is 5.49. The predicted octanol–water partition coefficient (Wildman–Crippen LogP) is 1.61. The second-order valence-corrected chi connectivity index (χ2v) is 8.43. The molecule has 0 saturated carbocycles. The number of H-pyrrole nitrogens is 1. The Kier molecular flexibility index (Phi) is 8.04. The molecule has 0 spiro atoms. The molecule has 1 atom stereocenters. The maximum atomic E-state index is 12.6. The zero-order chi connectivity index (χ0) is 21.4. The van der Waals surface area contributed by atoms with Crippen LogP contribution < -0.4 is 10.6 Å². The van der Waals surface area contributed by atoms with Crippen molar-refractivity contribution in [2.75, 3.05) is 20.1 Å². The van der Waals surface area contributed by atoms with Crippen molar-refractivity contribution in [2.24, 2.45) is 5.92 Å². The number of aromatic amines is 1. The molecular weight excluding hydrogens is 374 g/mol. The van der Waals surface area contributed by atoms with E-state index in [0.717, 1.165) is 5.69 Å². The monoisotopic (exact) mass is 407 g/mol. The molecule has 1 unspecified atom stereocenters. The van der Waals surface area contributed by atoms with Crippen molar-refractivity contribution < 1.29 is 19.1 Å². The van der Waals surface area contributed by atoms with Crippen LogP contribution >= 0.6 is 0 Å². The lowest BCUT2D eigenvalue weighted by atomic mass is 9.95. The van der Waals surface area contributed by atoms with Gasteiger partial charge in [-0.3, -0.25) is 9.59 Å². The summed E-state index contributed by atoms with van der Waals surface area (Å²) in [5.74, 6) is 0.0604. The van der Waals surface area contributed by atoms with Crippen molar-refractivity contribution in [1.29, 1.82) is 0 Å². The Morgan fingerprint density at radius 2 is 2.00 bits per heavy atom. The summed E-state index contributed by atoms with van der Waals surface area (Å²) >= 11 is 0. The van der Waals surface area contributed by atoms with Crippen molar-refractivity contribution in [3.8, 4) is 0 Å². The third-order valence-corrected chi connectivity index (χ3v) is 4.91. The van der Waals surface area contributed by atoms with Gasteiger partial charge in [-0.05, 0) is 40.0 Å². The SMILES string of the molecule is CNC(=O)C1CCN(C(=O)CCC(Cc2cnc[nH]2)NC(=O)OC(C)(C)C)CC1. The number of piperidine rings is 1. The van der Waals surface area contributed by atoms with E-state index in [1.165, 1.54) is 0 Å². The Labute approximate surface area is 172 Å². The number of ether oxygens (including phenoxy) is 1. The summed E-state index contributed by atoms with van der Waals surface area (Å²) in [7, 11) is 1.64. The van der Waals surface area contributed by atoms with Crippen LogP contribution in [0, 0.1) is 5.92 Å². The Morgan fingerprint density at radius 3 is 2.55 bits per heavy atom. The molecule has 3 N–H and O–H groups in total. The molecule has 9 heteroatoms. The van der Waals surface area contributed by atoms with Gasteiger partial charge in [0.25, 0.3) is 0 Å². The van der Waals surface area contributed by atoms with Gasteiger partial charge in [0.05, 0.1) is 6.33 Å². The van der Waals surface area contributed by atoms with Gasteiger partial charge in [0, 0.05) is 56.8 Å². The number of hydrogen-bond donors (Lipinski definition) is 3. The van der Waals surface area contributed by atoms with Crippen molar-refractivity contribution in [3.05, 3.63) is 18.2 Å². The first-order valence-electron chi connectivity index (χ1n) is 10.1. The van der Waals surface area contributed by atoms with Crippen LogP contribution in [0.5, 0.6) is 0 Å². The fraction of sp³-hybridized carbons (Fsp3) is 0.700. The largest absolute Gasteiger partial charge is 0.444 e. The van der Waals surface area contributed by atoms with E-state index in [1.54, 1.807) is 24.5 Å². The lowest BCUT2D eigenvalue weighted by Gasteiger charge is -2.31. The van der Waals surface area contributed by atoms with E-state index in [-0.39, 0.29) is 23.8 Å². The molecule has 1 aliphatic rings. The van der Waals surface area contributed by atoms with E-state index in [9.17, 15) is 14.4 Å². The van der Waals surface area contributed by atoms with Gasteiger partial charge in [-0.2, -0.15) is 0 Å². The van der Waals surface area contributed by atoms with Gasteiger partial charge in [0.2, 0.25) is 11.8 Å². The molecule has 2 heterocycles. The quantitative estimate of drug-likeness (QED) is 0.635. The summed E-state index contributed by atoms with van der Waals surface area (Å²) in [5.41, 5.74) is 0.290. The van der Waals surface area contributed by atoms with Crippen LogP contribution in [0.2, 0.25) is 0 Å². The fourth-order valence-electron chi connectivity index (χ4n) is 3.41. The van der Waals surface area contributed by atoms with E-state index in [1.807, 2.05) is 20.8 Å². The Bertz CT molecular complexity index is 676. The molecule has 0 radical (unpaired) electrons. The number of hydrogen-bond acceptors (Lipinski definition) is 5. The molecule has 0 bridgehead atoms. The standard InChI is InChI=1S/C20H33N5O4/c1-20(2,3)29-19(28)24-15(11-16-12-22-13-23-16)5-6-17(26)25-9-7-14(8-10-25)18(27)21-4/h12-15H,5-11H2,1-4H3,(H,21,27)(H,22,23)(H,24,28). The molecule has 1 aromatic heterocycles. The lowest BCUT2D eigenvalue weighted by molar-refractivity contribution is -0.135. The molecule has 1 aliphatic heterocycles. The highest BCUT2D eigenvalue weighted by Gasteiger charge is 2.27. The summed E-state index contributed by atoms with van der Waals surface area (Å²) < 4.78 is 5.35. The normalized spacial score (nSPS) is 16.2. The maximum Gasteiger partial charge on any atom is 0.407 e. The molecule has 1 saturated heterocycles. The number of rotatable bonds is 7. The summed E-state index contributed by atoms with van der Waals surface area (Å²) in [6.45, 7) is 6.59. The van der Waals surface area contributed by atoms with E-state index in [4.69, 9.17) is 4.74 Å². The van der Waals surface area contributed by atoms with Crippen LogP contribution in [0.25, 0.3) is 0 Å². The molecule has 1 fully saturated rings. The van der Waals surface area contributed by atoms with E-state index in [2.05, 4.69) is 20.6 Å². The van der Waals surface area contributed by atoms with Gasteiger partial charge < -0.3 is 25.3 Å². The minimum atomic E-state index is -0.590.